The highest BCUT2D eigenvalue weighted by molar-refractivity contribution is 4.97. The van der Waals surface area contributed by atoms with E-state index in [0.29, 0.717) is 5.92 Å². The molecule has 0 radical (unpaired) electrons. The van der Waals surface area contributed by atoms with Gasteiger partial charge in [-0.25, -0.2) is 0 Å². The molecule has 3 aliphatic carbocycles. The Bertz CT molecular complexity index is 201. The second kappa shape index (κ2) is 2.98. The molecule has 0 amide bonds. The second-order valence-electron chi connectivity index (χ2n) is 5.42. The summed E-state index contributed by atoms with van der Waals surface area (Å²) < 4.78 is 0. The summed E-state index contributed by atoms with van der Waals surface area (Å²) in [7, 11) is 0. The molecule has 0 aromatic heterocycles. The van der Waals surface area contributed by atoms with Crippen LogP contribution in [-0.2, 0) is 0 Å². The van der Waals surface area contributed by atoms with Crippen LogP contribution in [0.3, 0.4) is 0 Å². The van der Waals surface area contributed by atoms with Crippen molar-refractivity contribution in [2.45, 2.75) is 51.0 Å². The van der Waals surface area contributed by atoms with E-state index in [0.717, 1.165) is 24.2 Å². The van der Waals surface area contributed by atoms with Crippen molar-refractivity contribution >= 4 is 0 Å². The Kier molecular flexibility index (Phi) is 1.90. The van der Waals surface area contributed by atoms with Gasteiger partial charge in [0.2, 0.25) is 0 Å². The van der Waals surface area contributed by atoms with Crippen molar-refractivity contribution in [1.82, 2.24) is 0 Å². The summed E-state index contributed by atoms with van der Waals surface area (Å²) in [6.45, 7) is 0. The van der Waals surface area contributed by atoms with Gasteiger partial charge < -0.3 is 5.11 Å². The minimum absolute atomic E-state index is 0.0619. The van der Waals surface area contributed by atoms with Crippen molar-refractivity contribution in [1.29, 1.82) is 0 Å². The number of aliphatic hydroxyl groups is 1. The van der Waals surface area contributed by atoms with Crippen molar-refractivity contribution in [3.05, 3.63) is 0 Å². The predicted octanol–water partition coefficient (Wildman–Crippen LogP) is 2.58. The standard InChI is InChI=1S/C12H20O/c13-12-7-8-3-1-4-9(8)10-5-2-6-11(10)12/h8-13H,1-7H2/t8-,9+,10+,11-,12+/m0/s1. The minimum atomic E-state index is 0.0619. The first-order chi connectivity index (χ1) is 6.36. The first kappa shape index (κ1) is 8.28. The van der Waals surface area contributed by atoms with Gasteiger partial charge in [-0.2, -0.15) is 0 Å². The lowest BCUT2D eigenvalue weighted by Gasteiger charge is -2.39. The van der Waals surface area contributed by atoms with E-state index in [9.17, 15) is 5.11 Å². The van der Waals surface area contributed by atoms with Crippen LogP contribution in [0.15, 0.2) is 0 Å². The average Bonchev–Trinajstić information content (AvgIpc) is 2.66. The lowest BCUT2D eigenvalue weighted by molar-refractivity contribution is -0.00595. The molecule has 0 unspecified atom stereocenters. The maximum Gasteiger partial charge on any atom is 0.0573 e. The zero-order valence-electron chi connectivity index (χ0n) is 8.28. The van der Waals surface area contributed by atoms with Crippen molar-refractivity contribution < 1.29 is 5.11 Å². The summed E-state index contributed by atoms with van der Waals surface area (Å²) in [6, 6.07) is 0. The molecular weight excluding hydrogens is 160 g/mol. The first-order valence-corrected chi connectivity index (χ1v) is 6.04. The van der Waals surface area contributed by atoms with Gasteiger partial charge >= 0.3 is 0 Å². The largest absolute Gasteiger partial charge is 0.393 e. The van der Waals surface area contributed by atoms with E-state index >= 15 is 0 Å². The van der Waals surface area contributed by atoms with Gasteiger partial charge in [-0.05, 0) is 49.4 Å². The van der Waals surface area contributed by atoms with Gasteiger partial charge in [0.15, 0.2) is 0 Å². The first-order valence-electron chi connectivity index (χ1n) is 6.04. The van der Waals surface area contributed by atoms with Crippen LogP contribution in [0, 0.1) is 23.7 Å². The van der Waals surface area contributed by atoms with Gasteiger partial charge in [-0.15, -0.1) is 0 Å². The van der Waals surface area contributed by atoms with E-state index in [4.69, 9.17) is 0 Å². The molecule has 0 aliphatic heterocycles. The number of fused-ring (bicyclic) bond motifs is 3. The number of hydrogen-bond acceptors (Lipinski definition) is 1. The van der Waals surface area contributed by atoms with E-state index in [-0.39, 0.29) is 6.10 Å². The summed E-state index contributed by atoms with van der Waals surface area (Å²) in [6.07, 6.45) is 9.63. The van der Waals surface area contributed by atoms with E-state index in [1.165, 1.54) is 38.5 Å². The molecule has 0 aromatic rings. The molecule has 1 heteroatoms. The van der Waals surface area contributed by atoms with E-state index in [1.54, 1.807) is 0 Å². The highest BCUT2D eigenvalue weighted by Gasteiger charge is 2.47. The maximum absolute atomic E-state index is 10.0. The molecule has 0 bridgehead atoms. The van der Waals surface area contributed by atoms with Crippen molar-refractivity contribution in [3.63, 3.8) is 0 Å². The molecular formula is C12H20O. The fourth-order valence-corrected chi connectivity index (χ4v) is 4.43. The molecule has 3 saturated carbocycles. The smallest absolute Gasteiger partial charge is 0.0573 e. The van der Waals surface area contributed by atoms with Crippen LogP contribution >= 0.6 is 0 Å². The van der Waals surface area contributed by atoms with Crippen molar-refractivity contribution in [2.24, 2.45) is 23.7 Å². The lowest BCUT2D eigenvalue weighted by atomic mass is 9.68. The Morgan fingerprint density at radius 3 is 2.38 bits per heavy atom. The van der Waals surface area contributed by atoms with Gasteiger partial charge in [0.25, 0.3) is 0 Å². The van der Waals surface area contributed by atoms with E-state index < -0.39 is 0 Å². The monoisotopic (exact) mass is 180 g/mol. The van der Waals surface area contributed by atoms with E-state index in [1.807, 2.05) is 0 Å². The maximum atomic E-state index is 10.0. The summed E-state index contributed by atoms with van der Waals surface area (Å²) in [5.41, 5.74) is 0. The van der Waals surface area contributed by atoms with Gasteiger partial charge in [0, 0.05) is 0 Å². The zero-order chi connectivity index (χ0) is 8.84. The Balaban J connectivity index is 1.84. The lowest BCUT2D eigenvalue weighted by Crippen LogP contribution is -2.38. The summed E-state index contributed by atoms with van der Waals surface area (Å²) in [5, 5.41) is 10.0. The third-order valence-corrected chi connectivity index (χ3v) is 4.93. The Hall–Kier alpha value is -0.0400. The minimum Gasteiger partial charge on any atom is -0.393 e. The number of hydrogen-bond donors (Lipinski definition) is 1. The van der Waals surface area contributed by atoms with Crippen LogP contribution in [0.4, 0.5) is 0 Å². The Labute approximate surface area is 80.5 Å². The SMILES string of the molecule is O[C@@H]1C[C@@H]2CCC[C@H]2[C@H]2CCC[C@@H]21. The zero-order valence-corrected chi connectivity index (χ0v) is 8.28. The predicted molar refractivity (Wildman–Crippen MR) is 52.3 cm³/mol. The van der Waals surface area contributed by atoms with Crippen LogP contribution in [0.5, 0.6) is 0 Å². The molecule has 74 valence electrons. The summed E-state index contributed by atoms with van der Waals surface area (Å²) in [4.78, 5) is 0. The normalized spacial score (nSPS) is 54.7. The van der Waals surface area contributed by atoms with Crippen LogP contribution in [-0.4, -0.2) is 11.2 Å². The summed E-state index contributed by atoms with van der Waals surface area (Å²) >= 11 is 0. The van der Waals surface area contributed by atoms with Crippen LogP contribution in [0.2, 0.25) is 0 Å². The van der Waals surface area contributed by atoms with E-state index in [2.05, 4.69) is 0 Å². The molecule has 3 aliphatic rings. The van der Waals surface area contributed by atoms with Gasteiger partial charge in [-0.1, -0.05) is 19.3 Å². The number of aliphatic hydroxyl groups excluding tert-OH is 1. The highest BCUT2D eigenvalue weighted by Crippen LogP contribution is 2.53. The Morgan fingerprint density at radius 2 is 1.46 bits per heavy atom. The molecule has 0 aromatic carbocycles. The molecule has 0 spiro atoms. The molecule has 0 saturated heterocycles. The van der Waals surface area contributed by atoms with Crippen LogP contribution in [0.25, 0.3) is 0 Å². The molecule has 13 heavy (non-hydrogen) atoms. The van der Waals surface area contributed by atoms with Crippen LogP contribution < -0.4 is 0 Å². The topological polar surface area (TPSA) is 20.2 Å². The highest BCUT2D eigenvalue weighted by atomic mass is 16.3. The van der Waals surface area contributed by atoms with Gasteiger partial charge in [-0.3, -0.25) is 0 Å². The fourth-order valence-electron chi connectivity index (χ4n) is 4.43. The molecule has 3 rings (SSSR count). The molecule has 5 atom stereocenters. The fraction of sp³-hybridized carbons (Fsp3) is 1.00. The van der Waals surface area contributed by atoms with Crippen LogP contribution in [0.1, 0.15) is 44.9 Å². The van der Waals surface area contributed by atoms with Gasteiger partial charge in [0.1, 0.15) is 0 Å². The third-order valence-electron chi connectivity index (χ3n) is 4.93. The third kappa shape index (κ3) is 1.16. The second-order valence-corrected chi connectivity index (χ2v) is 5.42. The number of rotatable bonds is 0. The average molecular weight is 180 g/mol. The summed E-state index contributed by atoms with van der Waals surface area (Å²) in [5.74, 6) is 3.51. The molecule has 1 nitrogen and oxygen atoms in total. The quantitative estimate of drug-likeness (QED) is 0.607. The molecule has 0 heterocycles. The van der Waals surface area contributed by atoms with Crippen molar-refractivity contribution in [2.75, 3.05) is 0 Å². The van der Waals surface area contributed by atoms with Gasteiger partial charge in [0.05, 0.1) is 6.10 Å². The van der Waals surface area contributed by atoms with Crippen molar-refractivity contribution in [3.8, 4) is 0 Å². The Morgan fingerprint density at radius 1 is 0.769 bits per heavy atom. The molecule has 3 fully saturated rings. The molecule has 1 N–H and O–H groups in total.